The largest absolute Gasteiger partial charge is 0.259 e. The summed E-state index contributed by atoms with van der Waals surface area (Å²) in [7, 11) is 0. The molecule has 0 aliphatic carbocycles. The molecule has 0 aliphatic rings. The van der Waals surface area contributed by atoms with Crippen molar-refractivity contribution in [2.45, 2.75) is 0 Å². The van der Waals surface area contributed by atoms with E-state index in [9.17, 15) is 4.39 Å². The Morgan fingerprint density at radius 3 is 2.70 bits per heavy atom. The minimum atomic E-state index is -0.268. The minimum Gasteiger partial charge on any atom is -0.259 e. The van der Waals surface area contributed by atoms with Gasteiger partial charge in [0.1, 0.15) is 5.82 Å². The van der Waals surface area contributed by atoms with Crippen LogP contribution in [0.2, 0.25) is 0 Å². The fourth-order valence-corrected chi connectivity index (χ4v) is 1.83. The molecule has 1 heterocycles. The molecule has 0 saturated carbocycles. The maximum absolute atomic E-state index is 12.8. The van der Waals surface area contributed by atoms with Gasteiger partial charge in [-0.2, -0.15) is 10.2 Å². The Morgan fingerprint density at radius 2 is 1.85 bits per heavy atom. The summed E-state index contributed by atoms with van der Waals surface area (Å²) in [6.45, 7) is 0. The Hall–Kier alpha value is -2.82. The topological polar surface area (TPSA) is 50.2 Å². The highest BCUT2D eigenvalue weighted by Gasteiger charge is 2.00. The van der Waals surface area contributed by atoms with E-state index >= 15 is 0 Å². The molecule has 98 valence electrons. The van der Waals surface area contributed by atoms with Crippen molar-refractivity contribution >= 4 is 22.8 Å². The van der Waals surface area contributed by atoms with Gasteiger partial charge in [0, 0.05) is 10.8 Å². The molecule has 0 spiro atoms. The molecule has 0 fully saturated rings. The third-order valence-corrected chi connectivity index (χ3v) is 2.82. The Morgan fingerprint density at radius 1 is 1.05 bits per heavy atom. The van der Waals surface area contributed by atoms with Gasteiger partial charge in [0.15, 0.2) is 5.82 Å². The van der Waals surface area contributed by atoms with Crippen molar-refractivity contribution in [2.75, 3.05) is 5.43 Å². The van der Waals surface area contributed by atoms with Crippen LogP contribution in [0.5, 0.6) is 0 Å². The molecule has 0 aliphatic heterocycles. The van der Waals surface area contributed by atoms with Crippen LogP contribution in [0.3, 0.4) is 0 Å². The van der Waals surface area contributed by atoms with E-state index in [1.807, 2.05) is 24.3 Å². The number of hydrogen-bond acceptors (Lipinski definition) is 4. The molecular weight excluding hydrogens is 255 g/mol. The third-order valence-electron chi connectivity index (χ3n) is 2.82. The number of rotatable bonds is 3. The molecule has 0 atom stereocenters. The Balaban J connectivity index is 1.81. The monoisotopic (exact) mass is 266 g/mol. The molecule has 20 heavy (non-hydrogen) atoms. The average Bonchev–Trinajstić information content (AvgIpc) is 2.49. The van der Waals surface area contributed by atoms with Gasteiger partial charge in [0.2, 0.25) is 0 Å². The van der Waals surface area contributed by atoms with Crippen LogP contribution in [0.1, 0.15) is 5.56 Å². The van der Waals surface area contributed by atoms with Crippen molar-refractivity contribution in [1.82, 2.24) is 10.2 Å². The lowest BCUT2D eigenvalue weighted by atomic mass is 10.2. The van der Waals surface area contributed by atoms with Gasteiger partial charge in [-0.05, 0) is 17.7 Å². The lowest BCUT2D eigenvalue weighted by molar-refractivity contribution is 0.628. The quantitative estimate of drug-likeness (QED) is 0.585. The zero-order valence-corrected chi connectivity index (χ0v) is 10.5. The van der Waals surface area contributed by atoms with E-state index in [0.717, 1.165) is 16.3 Å². The summed E-state index contributed by atoms with van der Waals surface area (Å²) >= 11 is 0. The van der Waals surface area contributed by atoms with E-state index in [-0.39, 0.29) is 5.82 Å². The van der Waals surface area contributed by atoms with Crippen LogP contribution >= 0.6 is 0 Å². The molecule has 0 amide bonds. The smallest absolute Gasteiger partial charge is 0.176 e. The predicted molar refractivity (Wildman–Crippen MR) is 77.2 cm³/mol. The van der Waals surface area contributed by atoms with Gasteiger partial charge in [-0.1, -0.05) is 36.4 Å². The van der Waals surface area contributed by atoms with E-state index in [1.165, 1.54) is 12.1 Å². The van der Waals surface area contributed by atoms with Crippen LogP contribution in [-0.4, -0.2) is 16.4 Å². The van der Waals surface area contributed by atoms with E-state index in [0.29, 0.717) is 5.82 Å². The van der Waals surface area contributed by atoms with Gasteiger partial charge >= 0.3 is 0 Å². The second kappa shape index (κ2) is 5.44. The van der Waals surface area contributed by atoms with Crippen LogP contribution in [0.15, 0.2) is 59.8 Å². The summed E-state index contributed by atoms with van der Waals surface area (Å²) in [5.74, 6) is 0.316. The number of hydrazone groups is 1. The second-order valence-electron chi connectivity index (χ2n) is 4.20. The highest BCUT2D eigenvalue weighted by molar-refractivity contribution is 5.91. The van der Waals surface area contributed by atoms with E-state index in [4.69, 9.17) is 0 Å². The molecule has 4 nitrogen and oxygen atoms in total. The fraction of sp³-hybridized carbons (Fsp3) is 0. The van der Waals surface area contributed by atoms with Gasteiger partial charge in [0.25, 0.3) is 0 Å². The van der Waals surface area contributed by atoms with Crippen LogP contribution in [0.25, 0.3) is 10.8 Å². The molecule has 3 rings (SSSR count). The first kappa shape index (κ1) is 12.2. The zero-order chi connectivity index (χ0) is 13.8. The fourth-order valence-electron chi connectivity index (χ4n) is 1.83. The number of nitrogens with zero attached hydrogens (tertiary/aromatic N) is 3. The molecular formula is C15H11FN4. The Labute approximate surface area is 115 Å². The van der Waals surface area contributed by atoms with Gasteiger partial charge in [-0.3, -0.25) is 5.43 Å². The maximum atomic E-state index is 12.8. The Bertz CT molecular complexity index is 748. The molecule has 1 N–H and O–H groups in total. The van der Waals surface area contributed by atoms with Crippen molar-refractivity contribution < 1.29 is 4.39 Å². The molecule has 0 radical (unpaired) electrons. The summed E-state index contributed by atoms with van der Waals surface area (Å²) in [6.07, 6.45) is 3.30. The van der Waals surface area contributed by atoms with Crippen LogP contribution in [0, 0.1) is 5.82 Å². The molecule has 2 aromatic carbocycles. The number of benzene rings is 2. The third kappa shape index (κ3) is 2.61. The summed E-state index contributed by atoms with van der Waals surface area (Å²) in [5.41, 5.74) is 3.65. The predicted octanol–water partition coefficient (Wildman–Crippen LogP) is 3.21. The summed E-state index contributed by atoms with van der Waals surface area (Å²) in [6, 6.07) is 13.8. The summed E-state index contributed by atoms with van der Waals surface area (Å²) in [5, 5.41) is 14.0. The van der Waals surface area contributed by atoms with Gasteiger partial charge in [-0.15, -0.1) is 5.10 Å². The average molecular weight is 266 g/mol. The molecule has 0 unspecified atom stereocenters. The SMILES string of the molecule is Fc1ccc(/C=N\Nc2nncc3ccccc23)cc1. The molecule has 1 aromatic heterocycles. The van der Waals surface area contributed by atoms with Gasteiger partial charge < -0.3 is 0 Å². The van der Waals surface area contributed by atoms with E-state index in [1.54, 1.807) is 24.5 Å². The Kier molecular flexibility index (Phi) is 3.33. The number of nitrogens with one attached hydrogen (secondary N) is 1. The number of anilines is 1. The van der Waals surface area contributed by atoms with Crippen molar-refractivity contribution in [1.29, 1.82) is 0 Å². The highest BCUT2D eigenvalue weighted by atomic mass is 19.1. The van der Waals surface area contributed by atoms with Crippen LogP contribution in [-0.2, 0) is 0 Å². The van der Waals surface area contributed by atoms with Gasteiger partial charge in [-0.25, -0.2) is 4.39 Å². The maximum Gasteiger partial charge on any atom is 0.176 e. The first-order valence-corrected chi connectivity index (χ1v) is 6.08. The number of fused-ring (bicyclic) bond motifs is 1. The second-order valence-corrected chi connectivity index (χ2v) is 4.20. The highest BCUT2D eigenvalue weighted by Crippen LogP contribution is 2.18. The van der Waals surface area contributed by atoms with Crippen LogP contribution in [0.4, 0.5) is 10.2 Å². The van der Waals surface area contributed by atoms with Crippen molar-refractivity contribution in [3.8, 4) is 0 Å². The standard InChI is InChI=1S/C15H11FN4/c16-13-7-5-11(6-8-13)9-17-19-15-14-4-2-1-3-12(14)10-18-20-15/h1-10H,(H,19,20)/b17-9-. The number of halogens is 1. The first-order valence-electron chi connectivity index (χ1n) is 6.08. The molecule has 3 aromatic rings. The van der Waals surface area contributed by atoms with Gasteiger partial charge in [0.05, 0.1) is 12.4 Å². The number of hydrogen-bond donors (Lipinski definition) is 1. The molecule has 0 saturated heterocycles. The lowest BCUT2D eigenvalue weighted by Gasteiger charge is -2.02. The minimum absolute atomic E-state index is 0.268. The number of aromatic nitrogens is 2. The molecule has 5 heteroatoms. The van der Waals surface area contributed by atoms with E-state index in [2.05, 4.69) is 20.7 Å². The lowest BCUT2D eigenvalue weighted by Crippen LogP contribution is -1.96. The van der Waals surface area contributed by atoms with Crippen LogP contribution < -0.4 is 5.43 Å². The summed E-state index contributed by atoms with van der Waals surface area (Å²) in [4.78, 5) is 0. The zero-order valence-electron chi connectivity index (χ0n) is 10.5. The van der Waals surface area contributed by atoms with Crippen molar-refractivity contribution in [3.63, 3.8) is 0 Å². The molecule has 0 bridgehead atoms. The van der Waals surface area contributed by atoms with E-state index < -0.39 is 0 Å². The van der Waals surface area contributed by atoms with Crippen molar-refractivity contribution in [2.24, 2.45) is 5.10 Å². The normalized spacial score (nSPS) is 11.1. The van der Waals surface area contributed by atoms with Crippen molar-refractivity contribution in [3.05, 3.63) is 66.1 Å². The first-order chi connectivity index (χ1) is 9.83. The summed E-state index contributed by atoms with van der Waals surface area (Å²) < 4.78 is 12.8.